The topological polar surface area (TPSA) is 101 Å². The van der Waals surface area contributed by atoms with Gasteiger partial charge in [0.2, 0.25) is 5.91 Å². The van der Waals surface area contributed by atoms with E-state index in [4.69, 9.17) is 16.3 Å². The first-order chi connectivity index (χ1) is 14.4. The van der Waals surface area contributed by atoms with Crippen molar-refractivity contribution in [2.75, 3.05) is 13.2 Å². The van der Waals surface area contributed by atoms with E-state index in [9.17, 15) is 9.90 Å². The number of hydrogen-bond donors (Lipinski definition) is 3. The van der Waals surface area contributed by atoms with E-state index >= 15 is 0 Å². The average molecular weight is 452 g/mol. The zero-order valence-corrected chi connectivity index (χ0v) is 18.4. The van der Waals surface area contributed by atoms with Gasteiger partial charge in [0.15, 0.2) is 0 Å². The summed E-state index contributed by atoms with van der Waals surface area (Å²) in [6.07, 6.45) is 4.35. The first-order valence-corrected chi connectivity index (χ1v) is 11.7. The maximum atomic E-state index is 11.4. The predicted molar refractivity (Wildman–Crippen MR) is 112 cm³/mol. The molecule has 0 aromatic carbocycles. The second-order valence-electron chi connectivity index (χ2n) is 8.76. The van der Waals surface area contributed by atoms with Gasteiger partial charge >= 0.3 is 0 Å². The summed E-state index contributed by atoms with van der Waals surface area (Å²) >= 11 is 7.80. The van der Waals surface area contributed by atoms with E-state index < -0.39 is 11.7 Å². The Balaban J connectivity index is 1.36. The number of thiophene rings is 1. The number of halogens is 1. The van der Waals surface area contributed by atoms with Crippen molar-refractivity contribution >= 4 is 28.8 Å². The second-order valence-corrected chi connectivity index (χ2v) is 10.4. The Bertz CT molecular complexity index is 939. The van der Waals surface area contributed by atoms with E-state index in [-0.39, 0.29) is 24.6 Å². The molecule has 2 aromatic heterocycles. The van der Waals surface area contributed by atoms with E-state index in [0.717, 1.165) is 35.5 Å². The zero-order chi connectivity index (χ0) is 20.9. The summed E-state index contributed by atoms with van der Waals surface area (Å²) in [5.74, 6) is 0.502. The zero-order valence-electron chi connectivity index (χ0n) is 16.8. The number of aromatic nitrogens is 3. The van der Waals surface area contributed by atoms with Crippen molar-refractivity contribution in [3.8, 4) is 0 Å². The second kappa shape index (κ2) is 7.87. The number of rotatable bonds is 3. The van der Waals surface area contributed by atoms with Crippen molar-refractivity contribution < 1.29 is 14.6 Å². The van der Waals surface area contributed by atoms with Crippen LogP contribution >= 0.6 is 22.9 Å². The van der Waals surface area contributed by atoms with Gasteiger partial charge < -0.3 is 20.5 Å². The van der Waals surface area contributed by atoms with E-state index in [1.54, 1.807) is 0 Å². The number of carbonyl (C=O) groups excluding carboxylic acids is 1. The highest BCUT2D eigenvalue weighted by atomic mass is 35.5. The smallest absolute Gasteiger partial charge is 0.220 e. The minimum Gasteiger partial charge on any atom is -0.386 e. The van der Waals surface area contributed by atoms with Crippen LogP contribution in [0.5, 0.6) is 0 Å². The molecule has 1 unspecified atom stereocenters. The van der Waals surface area contributed by atoms with E-state index in [0.29, 0.717) is 29.6 Å². The molecule has 1 spiro atoms. The van der Waals surface area contributed by atoms with Crippen LogP contribution in [0, 0.1) is 5.92 Å². The lowest BCUT2D eigenvalue weighted by Crippen LogP contribution is -2.50. The molecule has 0 bridgehead atoms. The number of nitrogens with one attached hydrogen (secondary N) is 2. The Kier molecular flexibility index (Phi) is 5.35. The van der Waals surface area contributed by atoms with E-state index in [1.165, 1.54) is 11.3 Å². The summed E-state index contributed by atoms with van der Waals surface area (Å²) in [5, 5.41) is 25.7. The highest BCUT2D eigenvalue weighted by Gasteiger charge is 2.48. The molecule has 0 radical (unpaired) electrons. The first-order valence-electron chi connectivity index (χ1n) is 10.5. The number of hydrogen-bond acceptors (Lipinski definition) is 7. The van der Waals surface area contributed by atoms with Crippen molar-refractivity contribution in [2.45, 2.75) is 62.9 Å². The van der Waals surface area contributed by atoms with Crippen LogP contribution in [0.2, 0.25) is 4.34 Å². The fourth-order valence-corrected chi connectivity index (χ4v) is 6.45. The molecule has 5 heterocycles. The monoisotopic (exact) mass is 451 g/mol. The molecule has 10 heteroatoms. The largest absolute Gasteiger partial charge is 0.386 e. The number of amides is 1. The fraction of sp³-hybridized carbons (Fsp3) is 0.650. The summed E-state index contributed by atoms with van der Waals surface area (Å²) in [5.41, 5.74) is 1.31. The molecule has 3 N–H and O–H groups in total. The molecule has 30 heavy (non-hydrogen) atoms. The molecule has 2 saturated heterocycles. The van der Waals surface area contributed by atoms with Gasteiger partial charge in [-0.2, -0.15) is 0 Å². The molecule has 8 nitrogen and oxygen atoms in total. The third-order valence-electron chi connectivity index (χ3n) is 6.40. The van der Waals surface area contributed by atoms with Crippen LogP contribution in [0.15, 0.2) is 12.3 Å². The molecule has 0 aliphatic carbocycles. The minimum atomic E-state index is -0.630. The van der Waals surface area contributed by atoms with Crippen molar-refractivity contribution in [2.24, 2.45) is 5.92 Å². The summed E-state index contributed by atoms with van der Waals surface area (Å²) in [4.78, 5) is 12.4. The third kappa shape index (κ3) is 3.78. The molecular weight excluding hydrogens is 426 g/mol. The molecule has 3 aliphatic heterocycles. The van der Waals surface area contributed by atoms with Gasteiger partial charge in [0.25, 0.3) is 0 Å². The van der Waals surface area contributed by atoms with Gasteiger partial charge in [0.1, 0.15) is 11.7 Å². The SMILES string of the molecule is C[C@H]1C[C@@]2(C[C@@H](c3cn(CC4CCC(=O)NC4)nn3)N1)OC[C@@H](O)c1cc(Cl)sc12. The van der Waals surface area contributed by atoms with E-state index in [2.05, 4.69) is 27.9 Å². The number of aliphatic hydroxyl groups excluding tert-OH is 1. The number of ether oxygens (including phenoxy) is 1. The normalized spacial score (nSPS) is 34.0. The molecule has 3 aliphatic rings. The van der Waals surface area contributed by atoms with Crippen LogP contribution in [0.25, 0.3) is 0 Å². The standard InChI is InChI=1S/C20H26ClN5O3S/c1-11-5-20(19-13(4-17(21)30-19)16(27)10-29-20)6-14(23-11)15-9-26(25-24-15)8-12-2-3-18(28)22-7-12/h4,9,11-12,14,16,23,27H,2-3,5-8,10H2,1H3,(H,22,28)/t11-,12?,14-,16+,20-/m0/s1. The van der Waals surface area contributed by atoms with E-state index in [1.807, 2.05) is 16.9 Å². The number of nitrogens with zero attached hydrogens (tertiary/aromatic N) is 3. The fourth-order valence-electron chi connectivity index (χ4n) is 5.00. The third-order valence-corrected chi connectivity index (χ3v) is 7.87. The molecule has 2 fully saturated rings. The van der Waals surface area contributed by atoms with Crippen molar-refractivity contribution in [3.05, 3.63) is 32.7 Å². The summed E-state index contributed by atoms with van der Waals surface area (Å²) in [6, 6.07) is 2.08. The van der Waals surface area contributed by atoms with Crippen molar-refractivity contribution in [3.63, 3.8) is 0 Å². The highest BCUT2D eigenvalue weighted by Crippen LogP contribution is 2.51. The maximum Gasteiger partial charge on any atom is 0.220 e. The van der Waals surface area contributed by atoms with Gasteiger partial charge in [-0.1, -0.05) is 16.8 Å². The van der Waals surface area contributed by atoms with Gasteiger partial charge in [0, 0.05) is 42.4 Å². The molecular formula is C20H26ClN5O3S. The van der Waals surface area contributed by atoms with Crippen LogP contribution in [0.4, 0.5) is 0 Å². The Morgan fingerprint density at radius 2 is 2.33 bits per heavy atom. The Labute approximate surface area is 183 Å². The lowest BCUT2D eigenvalue weighted by Gasteiger charge is -2.46. The quantitative estimate of drug-likeness (QED) is 0.661. The first kappa shape index (κ1) is 20.4. The lowest BCUT2D eigenvalue weighted by atomic mass is 9.79. The van der Waals surface area contributed by atoms with Crippen LogP contribution in [-0.2, 0) is 21.7 Å². The Morgan fingerprint density at radius 1 is 1.47 bits per heavy atom. The molecule has 2 aromatic rings. The van der Waals surface area contributed by atoms with Crippen LogP contribution in [0.3, 0.4) is 0 Å². The lowest BCUT2D eigenvalue weighted by molar-refractivity contribution is -0.129. The predicted octanol–water partition coefficient (Wildman–Crippen LogP) is 2.29. The number of piperidine rings is 2. The molecule has 0 saturated carbocycles. The molecule has 162 valence electrons. The summed E-state index contributed by atoms with van der Waals surface area (Å²) in [6.45, 7) is 3.86. The van der Waals surface area contributed by atoms with Gasteiger partial charge in [-0.25, -0.2) is 0 Å². The molecule has 5 rings (SSSR count). The maximum absolute atomic E-state index is 11.4. The number of carbonyl (C=O) groups is 1. The average Bonchev–Trinajstić information content (AvgIpc) is 3.34. The summed E-state index contributed by atoms with van der Waals surface area (Å²) < 4.78 is 8.84. The van der Waals surface area contributed by atoms with Crippen molar-refractivity contribution in [1.29, 1.82) is 0 Å². The van der Waals surface area contributed by atoms with Gasteiger partial charge in [0.05, 0.1) is 28.9 Å². The van der Waals surface area contributed by atoms with Crippen molar-refractivity contribution in [1.82, 2.24) is 25.6 Å². The van der Waals surface area contributed by atoms with Crippen LogP contribution in [0.1, 0.15) is 60.9 Å². The number of fused-ring (bicyclic) bond motifs is 2. The minimum absolute atomic E-state index is 0.00229. The summed E-state index contributed by atoms with van der Waals surface area (Å²) in [7, 11) is 0. The highest BCUT2D eigenvalue weighted by molar-refractivity contribution is 7.16. The van der Waals surface area contributed by atoms with Gasteiger partial charge in [-0.3, -0.25) is 9.48 Å². The van der Waals surface area contributed by atoms with Gasteiger partial charge in [-0.05, 0) is 31.7 Å². The molecule has 5 atom stereocenters. The Morgan fingerprint density at radius 3 is 3.13 bits per heavy atom. The van der Waals surface area contributed by atoms with Gasteiger partial charge in [-0.15, -0.1) is 16.4 Å². The number of aliphatic hydroxyl groups is 1. The molecule has 1 amide bonds. The Hall–Kier alpha value is -1.52. The van der Waals surface area contributed by atoms with Crippen LogP contribution in [-0.4, -0.2) is 45.2 Å². The van der Waals surface area contributed by atoms with Crippen LogP contribution < -0.4 is 10.6 Å².